The lowest BCUT2D eigenvalue weighted by Crippen LogP contribution is -2.36. The van der Waals surface area contributed by atoms with Crippen LogP contribution in [0.1, 0.15) is 0 Å². The van der Waals surface area contributed by atoms with E-state index in [1.807, 2.05) is 18.2 Å². The van der Waals surface area contributed by atoms with Crippen molar-refractivity contribution >= 4 is 23.0 Å². The van der Waals surface area contributed by atoms with Crippen molar-refractivity contribution < 1.29 is 9.47 Å². The second-order valence-electron chi connectivity index (χ2n) is 5.45. The number of aromatic nitrogens is 2. The number of hydrogen-bond acceptors (Lipinski definition) is 7. The van der Waals surface area contributed by atoms with E-state index in [2.05, 4.69) is 37.6 Å². The molecule has 0 radical (unpaired) electrons. The van der Waals surface area contributed by atoms with E-state index in [1.54, 1.807) is 13.4 Å². The summed E-state index contributed by atoms with van der Waals surface area (Å²) in [6, 6.07) is 10.1. The molecular weight excluding hydrogens is 306 g/mol. The number of nitrogens with zero attached hydrogens (tertiary/aromatic N) is 3. The molecule has 0 aliphatic carbocycles. The molecule has 3 rings (SSSR count). The number of rotatable bonds is 7. The topological polar surface area (TPSA) is 71.5 Å². The van der Waals surface area contributed by atoms with Gasteiger partial charge >= 0.3 is 0 Å². The molecule has 2 heterocycles. The minimum Gasteiger partial charge on any atom is -0.383 e. The minimum atomic E-state index is 0.632. The van der Waals surface area contributed by atoms with E-state index >= 15 is 0 Å². The monoisotopic (exact) mass is 329 g/mol. The Balaban J connectivity index is 1.72. The summed E-state index contributed by atoms with van der Waals surface area (Å²) in [5, 5.41) is 6.60. The largest absolute Gasteiger partial charge is 0.383 e. The maximum atomic E-state index is 5.44. The number of nitrogens with one attached hydrogen (secondary N) is 2. The van der Waals surface area contributed by atoms with E-state index < -0.39 is 0 Å². The summed E-state index contributed by atoms with van der Waals surface area (Å²) in [5.41, 5.74) is 2.19. The van der Waals surface area contributed by atoms with Gasteiger partial charge in [0.05, 0.1) is 31.2 Å². The summed E-state index contributed by atoms with van der Waals surface area (Å²) >= 11 is 0. The molecule has 2 aromatic rings. The van der Waals surface area contributed by atoms with Crippen LogP contribution < -0.4 is 15.5 Å². The Morgan fingerprint density at radius 1 is 1.17 bits per heavy atom. The van der Waals surface area contributed by atoms with Gasteiger partial charge in [-0.1, -0.05) is 12.1 Å². The Bertz CT molecular complexity index is 646. The van der Waals surface area contributed by atoms with Gasteiger partial charge < -0.3 is 25.0 Å². The fraction of sp³-hybridized carbons (Fsp3) is 0.412. The van der Waals surface area contributed by atoms with Crippen LogP contribution in [0.2, 0.25) is 0 Å². The lowest BCUT2D eigenvalue weighted by atomic mass is 10.2. The van der Waals surface area contributed by atoms with E-state index in [-0.39, 0.29) is 0 Å². The second kappa shape index (κ2) is 8.47. The molecule has 0 spiro atoms. The summed E-state index contributed by atoms with van der Waals surface area (Å²) in [4.78, 5) is 10.9. The number of hydrogen-bond donors (Lipinski definition) is 2. The molecule has 1 aromatic heterocycles. The van der Waals surface area contributed by atoms with E-state index in [9.17, 15) is 0 Å². The van der Waals surface area contributed by atoms with Crippen LogP contribution in [0.15, 0.2) is 36.7 Å². The van der Waals surface area contributed by atoms with Gasteiger partial charge in [0.2, 0.25) is 0 Å². The lowest BCUT2D eigenvalue weighted by Gasteiger charge is -2.30. The molecule has 1 fully saturated rings. The van der Waals surface area contributed by atoms with E-state index in [1.165, 1.54) is 0 Å². The summed E-state index contributed by atoms with van der Waals surface area (Å²) in [6.45, 7) is 4.65. The second-order valence-corrected chi connectivity index (χ2v) is 5.45. The van der Waals surface area contributed by atoms with E-state index in [0.717, 1.165) is 49.3 Å². The third-order valence-electron chi connectivity index (χ3n) is 3.80. The quantitative estimate of drug-likeness (QED) is 0.754. The third-order valence-corrected chi connectivity index (χ3v) is 3.80. The molecule has 7 nitrogen and oxygen atoms in total. The number of morpholine rings is 1. The van der Waals surface area contributed by atoms with Crippen LogP contribution in [0.5, 0.6) is 0 Å². The van der Waals surface area contributed by atoms with Crippen LogP contribution in [0.3, 0.4) is 0 Å². The molecule has 1 aromatic carbocycles. The van der Waals surface area contributed by atoms with Crippen LogP contribution in [0, 0.1) is 0 Å². The van der Waals surface area contributed by atoms with Crippen LogP contribution in [0.4, 0.5) is 23.0 Å². The summed E-state index contributed by atoms with van der Waals surface area (Å²) in [5.74, 6) is 1.53. The Morgan fingerprint density at radius 3 is 2.79 bits per heavy atom. The van der Waals surface area contributed by atoms with Crippen molar-refractivity contribution in [3.8, 4) is 0 Å². The zero-order valence-corrected chi connectivity index (χ0v) is 13.9. The zero-order valence-electron chi connectivity index (χ0n) is 13.9. The Labute approximate surface area is 142 Å². The van der Waals surface area contributed by atoms with Gasteiger partial charge in [0.15, 0.2) is 0 Å². The van der Waals surface area contributed by atoms with Crippen molar-refractivity contribution in [1.29, 1.82) is 0 Å². The Kier molecular flexibility index (Phi) is 5.81. The number of methoxy groups -OCH3 is 1. The van der Waals surface area contributed by atoms with Crippen molar-refractivity contribution in [3.63, 3.8) is 0 Å². The number of benzene rings is 1. The Hall–Kier alpha value is -2.38. The molecular formula is C17H23N5O2. The smallest absolute Gasteiger partial charge is 0.135 e. The molecule has 7 heteroatoms. The predicted molar refractivity (Wildman–Crippen MR) is 95.2 cm³/mol. The third kappa shape index (κ3) is 4.33. The maximum Gasteiger partial charge on any atom is 0.135 e. The number of anilines is 4. The van der Waals surface area contributed by atoms with Gasteiger partial charge in [-0.25, -0.2) is 9.97 Å². The highest BCUT2D eigenvalue weighted by molar-refractivity contribution is 5.74. The average Bonchev–Trinajstić information content (AvgIpc) is 2.64. The molecule has 0 saturated carbocycles. The first-order valence-electron chi connectivity index (χ1n) is 8.10. The number of ether oxygens (including phenoxy) is 2. The van der Waals surface area contributed by atoms with Gasteiger partial charge in [-0.2, -0.15) is 0 Å². The average molecular weight is 329 g/mol. The SMILES string of the molecule is COCCNc1cc(Nc2ccccc2N2CCOCC2)ncn1. The molecule has 0 bridgehead atoms. The summed E-state index contributed by atoms with van der Waals surface area (Å²) < 4.78 is 10.5. The van der Waals surface area contributed by atoms with Crippen molar-refractivity contribution in [2.45, 2.75) is 0 Å². The van der Waals surface area contributed by atoms with Crippen molar-refractivity contribution in [3.05, 3.63) is 36.7 Å². The minimum absolute atomic E-state index is 0.632. The fourth-order valence-corrected chi connectivity index (χ4v) is 2.60. The van der Waals surface area contributed by atoms with Gasteiger partial charge in [0, 0.05) is 32.8 Å². The van der Waals surface area contributed by atoms with Gasteiger partial charge in [-0.3, -0.25) is 0 Å². The van der Waals surface area contributed by atoms with Crippen molar-refractivity contribution in [1.82, 2.24) is 9.97 Å². The molecule has 24 heavy (non-hydrogen) atoms. The highest BCUT2D eigenvalue weighted by atomic mass is 16.5. The normalized spacial score (nSPS) is 14.5. The van der Waals surface area contributed by atoms with E-state index in [4.69, 9.17) is 9.47 Å². The Morgan fingerprint density at radius 2 is 1.96 bits per heavy atom. The highest BCUT2D eigenvalue weighted by Gasteiger charge is 2.14. The van der Waals surface area contributed by atoms with Gasteiger partial charge in [0.25, 0.3) is 0 Å². The molecule has 1 aliphatic heterocycles. The maximum absolute atomic E-state index is 5.44. The van der Waals surface area contributed by atoms with Crippen LogP contribution >= 0.6 is 0 Å². The number of para-hydroxylation sites is 2. The van der Waals surface area contributed by atoms with Gasteiger partial charge in [-0.15, -0.1) is 0 Å². The van der Waals surface area contributed by atoms with Crippen molar-refractivity contribution in [2.75, 3.05) is 62.1 Å². The fourth-order valence-electron chi connectivity index (χ4n) is 2.60. The molecule has 0 unspecified atom stereocenters. The highest BCUT2D eigenvalue weighted by Crippen LogP contribution is 2.28. The van der Waals surface area contributed by atoms with Gasteiger partial charge in [0.1, 0.15) is 18.0 Å². The molecule has 1 aliphatic rings. The van der Waals surface area contributed by atoms with E-state index in [0.29, 0.717) is 13.2 Å². The molecule has 0 amide bonds. The summed E-state index contributed by atoms with van der Waals surface area (Å²) in [6.07, 6.45) is 1.55. The molecule has 2 N–H and O–H groups in total. The first-order chi connectivity index (χ1) is 11.9. The molecule has 1 saturated heterocycles. The molecule has 0 atom stereocenters. The first kappa shape index (κ1) is 16.5. The molecule has 128 valence electrons. The zero-order chi connectivity index (χ0) is 16.6. The van der Waals surface area contributed by atoms with Crippen molar-refractivity contribution in [2.24, 2.45) is 0 Å². The van der Waals surface area contributed by atoms with Gasteiger partial charge in [-0.05, 0) is 12.1 Å². The standard InChI is InChI=1S/C17H23N5O2/c1-23-9-6-18-16-12-17(20-13-19-16)21-14-4-2-3-5-15(14)22-7-10-24-11-8-22/h2-5,12-13H,6-11H2,1H3,(H2,18,19,20,21). The first-order valence-corrected chi connectivity index (χ1v) is 8.10. The lowest BCUT2D eigenvalue weighted by molar-refractivity contribution is 0.123. The van der Waals surface area contributed by atoms with Crippen LogP contribution in [0.25, 0.3) is 0 Å². The summed E-state index contributed by atoms with van der Waals surface area (Å²) in [7, 11) is 1.68. The van der Waals surface area contributed by atoms with Crippen LogP contribution in [-0.4, -0.2) is 56.5 Å². The van der Waals surface area contributed by atoms with Crippen LogP contribution in [-0.2, 0) is 9.47 Å². The predicted octanol–water partition coefficient (Wildman–Crippen LogP) is 2.12.